The topological polar surface area (TPSA) is 99.0 Å². The molecule has 0 bridgehead atoms. The number of carbonyl (C=O) groups is 1. The van der Waals surface area contributed by atoms with Crippen LogP contribution in [0.1, 0.15) is 12.5 Å². The number of thioether (sulfide) groups is 1. The van der Waals surface area contributed by atoms with Crippen LogP contribution in [0.15, 0.2) is 52.2 Å². The highest BCUT2D eigenvalue weighted by molar-refractivity contribution is 8.00. The molecular weight excluding hydrogens is 362 g/mol. The van der Waals surface area contributed by atoms with Crippen LogP contribution >= 0.6 is 23.4 Å². The molecule has 0 unspecified atom stereocenters. The maximum atomic E-state index is 12.3. The number of amides is 1. The molecule has 0 aliphatic carbocycles. The van der Waals surface area contributed by atoms with E-state index in [0.717, 1.165) is 5.56 Å². The number of furan rings is 1. The molecule has 0 aliphatic rings. The first-order valence-corrected chi connectivity index (χ1v) is 8.74. The average molecular weight is 378 g/mol. The summed E-state index contributed by atoms with van der Waals surface area (Å²) in [4.78, 5) is 12.3. The van der Waals surface area contributed by atoms with E-state index in [1.165, 1.54) is 22.7 Å². The lowest BCUT2D eigenvalue weighted by atomic mass is 10.2. The van der Waals surface area contributed by atoms with Gasteiger partial charge < -0.3 is 15.6 Å². The van der Waals surface area contributed by atoms with Crippen molar-refractivity contribution >= 4 is 29.3 Å². The van der Waals surface area contributed by atoms with Gasteiger partial charge in [0.25, 0.3) is 0 Å². The number of nitrogens with zero attached hydrogens (tertiary/aromatic N) is 3. The van der Waals surface area contributed by atoms with Gasteiger partial charge in [-0.05, 0) is 30.7 Å². The number of benzene rings is 1. The first-order chi connectivity index (χ1) is 12.1. The molecular formula is C16H16ClN5O2S. The van der Waals surface area contributed by atoms with Crippen LogP contribution < -0.4 is 11.2 Å². The van der Waals surface area contributed by atoms with Gasteiger partial charge in [-0.1, -0.05) is 41.6 Å². The van der Waals surface area contributed by atoms with E-state index in [0.29, 0.717) is 28.3 Å². The summed E-state index contributed by atoms with van der Waals surface area (Å²) < 4.78 is 6.57. The zero-order valence-corrected chi connectivity index (χ0v) is 14.9. The van der Waals surface area contributed by atoms with E-state index in [-0.39, 0.29) is 5.91 Å². The van der Waals surface area contributed by atoms with Crippen LogP contribution in [0.2, 0.25) is 5.02 Å². The summed E-state index contributed by atoms with van der Waals surface area (Å²) >= 11 is 7.30. The number of nitrogen functional groups attached to an aromatic ring is 1. The highest BCUT2D eigenvalue weighted by Gasteiger charge is 2.20. The van der Waals surface area contributed by atoms with Gasteiger partial charge in [0.2, 0.25) is 16.9 Å². The van der Waals surface area contributed by atoms with Crippen LogP contribution in [-0.4, -0.2) is 26.0 Å². The third-order valence-corrected chi connectivity index (χ3v) is 4.89. The van der Waals surface area contributed by atoms with Gasteiger partial charge in [-0.3, -0.25) is 4.79 Å². The van der Waals surface area contributed by atoms with Crippen molar-refractivity contribution in [2.45, 2.75) is 23.9 Å². The predicted octanol–water partition coefficient (Wildman–Crippen LogP) is 2.70. The molecule has 9 heteroatoms. The third-order valence-electron chi connectivity index (χ3n) is 3.47. The van der Waals surface area contributed by atoms with Gasteiger partial charge >= 0.3 is 0 Å². The third kappa shape index (κ3) is 3.97. The van der Waals surface area contributed by atoms with Crippen molar-refractivity contribution < 1.29 is 9.21 Å². The van der Waals surface area contributed by atoms with Crippen LogP contribution in [0, 0.1) is 0 Å². The Bertz CT molecular complexity index is 865. The summed E-state index contributed by atoms with van der Waals surface area (Å²) in [5.74, 6) is 6.75. The van der Waals surface area contributed by atoms with Crippen molar-refractivity contribution in [3.05, 3.63) is 53.2 Å². The van der Waals surface area contributed by atoms with E-state index in [1.54, 1.807) is 25.1 Å². The summed E-state index contributed by atoms with van der Waals surface area (Å²) in [6, 6.07) is 10.8. The van der Waals surface area contributed by atoms with Crippen LogP contribution in [0.4, 0.5) is 0 Å². The lowest BCUT2D eigenvalue weighted by molar-refractivity contribution is -0.120. The van der Waals surface area contributed by atoms with Gasteiger partial charge in [-0.2, -0.15) is 0 Å². The molecule has 0 radical (unpaired) electrons. The monoisotopic (exact) mass is 377 g/mol. The minimum Gasteiger partial charge on any atom is -0.461 e. The molecule has 1 atom stereocenters. The molecule has 7 nitrogen and oxygen atoms in total. The van der Waals surface area contributed by atoms with Crippen molar-refractivity contribution in [3.63, 3.8) is 0 Å². The predicted molar refractivity (Wildman–Crippen MR) is 96.5 cm³/mol. The summed E-state index contributed by atoms with van der Waals surface area (Å²) in [6.45, 7) is 2.13. The minimum absolute atomic E-state index is 0.146. The smallest absolute Gasteiger partial charge is 0.233 e. The van der Waals surface area contributed by atoms with Crippen LogP contribution in [0.5, 0.6) is 0 Å². The Hall–Kier alpha value is -2.45. The van der Waals surface area contributed by atoms with Crippen molar-refractivity contribution in [1.29, 1.82) is 0 Å². The molecule has 2 heterocycles. The number of hydrogen-bond acceptors (Lipinski definition) is 6. The standard InChI is InChI=1S/C16H16ClN5O2S/c1-10(15(23)19-9-11-5-2-3-6-12(11)17)25-16-21-20-14(22(16)18)13-7-4-8-24-13/h2-8,10H,9,18H2,1H3,(H,19,23)/t10-/m1/s1. The number of nitrogens with two attached hydrogens (primary N) is 1. The molecule has 3 rings (SSSR count). The van der Waals surface area contributed by atoms with Crippen LogP contribution in [0.25, 0.3) is 11.6 Å². The van der Waals surface area contributed by atoms with Crippen molar-refractivity contribution in [2.75, 3.05) is 5.84 Å². The second-order valence-electron chi connectivity index (χ2n) is 5.22. The van der Waals surface area contributed by atoms with E-state index < -0.39 is 5.25 Å². The molecule has 0 saturated carbocycles. The molecule has 3 N–H and O–H groups in total. The number of halogens is 1. The Balaban J connectivity index is 1.61. The average Bonchev–Trinajstić information content (AvgIpc) is 3.24. The van der Waals surface area contributed by atoms with E-state index in [9.17, 15) is 4.79 Å². The number of nitrogens with one attached hydrogen (secondary N) is 1. The van der Waals surface area contributed by atoms with E-state index in [4.69, 9.17) is 21.9 Å². The SMILES string of the molecule is C[C@@H](Sc1nnc(-c2ccco2)n1N)C(=O)NCc1ccccc1Cl. The van der Waals surface area contributed by atoms with Gasteiger partial charge in [0.1, 0.15) is 0 Å². The molecule has 2 aromatic heterocycles. The number of hydrogen-bond donors (Lipinski definition) is 2. The highest BCUT2D eigenvalue weighted by atomic mass is 35.5. The van der Waals surface area contributed by atoms with Gasteiger partial charge in [0, 0.05) is 11.6 Å². The molecule has 1 amide bonds. The Labute approximate surface area is 153 Å². The second-order valence-corrected chi connectivity index (χ2v) is 6.94. The highest BCUT2D eigenvalue weighted by Crippen LogP contribution is 2.25. The molecule has 3 aromatic rings. The molecule has 1 aromatic carbocycles. The lowest BCUT2D eigenvalue weighted by Gasteiger charge is -2.12. The van der Waals surface area contributed by atoms with Gasteiger partial charge in [-0.15, -0.1) is 10.2 Å². The Kier molecular flexibility index (Phi) is 5.30. The summed E-state index contributed by atoms with van der Waals surface area (Å²) in [5, 5.41) is 11.5. The Morgan fingerprint density at radius 3 is 2.88 bits per heavy atom. The molecule has 0 saturated heterocycles. The zero-order chi connectivity index (χ0) is 17.8. The largest absolute Gasteiger partial charge is 0.461 e. The quantitative estimate of drug-likeness (QED) is 0.506. The minimum atomic E-state index is -0.404. The van der Waals surface area contributed by atoms with E-state index in [2.05, 4.69) is 15.5 Å². The van der Waals surface area contributed by atoms with Crippen molar-refractivity contribution in [1.82, 2.24) is 20.2 Å². The zero-order valence-electron chi connectivity index (χ0n) is 13.3. The summed E-state index contributed by atoms with van der Waals surface area (Å²) in [6.07, 6.45) is 1.53. The van der Waals surface area contributed by atoms with Crippen LogP contribution in [-0.2, 0) is 11.3 Å². The van der Waals surface area contributed by atoms with Gasteiger partial charge in [0.05, 0.1) is 11.5 Å². The number of carbonyl (C=O) groups excluding carboxylic acids is 1. The summed E-state index contributed by atoms with van der Waals surface area (Å²) in [7, 11) is 0. The fourth-order valence-electron chi connectivity index (χ4n) is 2.11. The maximum absolute atomic E-state index is 12.3. The molecule has 0 fully saturated rings. The second kappa shape index (κ2) is 7.62. The van der Waals surface area contributed by atoms with Gasteiger partial charge in [0.15, 0.2) is 5.76 Å². The fraction of sp³-hybridized carbons (Fsp3) is 0.188. The summed E-state index contributed by atoms with van der Waals surface area (Å²) in [5.41, 5.74) is 0.858. The van der Waals surface area contributed by atoms with Gasteiger partial charge in [-0.25, -0.2) is 4.68 Å². The lowest BCUT2D eigenvalue weighted by Crippen LogP contribution is -2.31. The Morgan fingerprint density at radius 2 is 2.16 bits per heavy atom. The van der Waals surface area contributed by atoms with E-state index >= 15 is 0 Å². The normalized spacial score (nSPS) is 12.1. The molecule has 0 spiro atoms. The Morgan fingerprint density at radius 1 is 1.36 bits per heavy atom. The molecule has 130 valence electrons. The first kappa shape index (κ1) is 17.4. The van der Waals surface area contributed by atoms with Crippen LogP contribution in [0.3, 0.4) is 0 Å². The first-order valence-electron chi connectivity index (χ1n) is 7.48. The van der Waals surface area contributed by atoms with E-state index in [1.807, 2.05) is 18.2 Å². The number of aromatic nitrogens is 3. The van der Waals surface area contributed by atoms with Crippen molar-refractivity contribution in [2.24, 2.45) is 0 Å². The maximum Gasteiger partial charge on any atom is 0.233 e. The number of rotatable bonds is 6. The van der Waals surface area contributed by atoms with Crippen molar-refractivity contribution in [3.8, 4) is 11.6 Å². The molecule has 0 aliphatic heterocycles. The molecule has 25 heavy (non-hydrogen) atoms. The fourth-order valence-corrected chi connectivity index (χ4v) is 3.11.